The van der Waals surface area contributed by atoms with Gasteiger partial charge < -0.3 is 9.84 Å². The van der Waals surface area contributed by atoms with Crippen molar-refractivity contribution in [3.63, 3.8) is 0 Å². The van der Waals surface area contributed by atoms with Crippen molar-refractivity contribution in [1.82, 2.24) is 4.90 Å². The van der Waals surface area contributed by atoms with Crippen molar-refractivity contribution >= 4 is 5.97 Å². The van der Waals surface area contributed by atoms with Crippen LogP contribution in [0.4, 0.5) is 0 Å². The smallest absolute Gasteiger partial charge is 0.328 e. The minimum Gasteiger partial charge on any atom is -0.478 e. The molecule has 1 fully saturated rings. The molecule has 0 radical (unpaired) electrons. The zero-order chi connectivity index (χ0) is 8.81. The van der Waals surface area contributed by atoms with Gasteiger partial charge in [-0.2, -0.15) is 0 Å². The SMILES string of the molecule is O=C(O)C=CCN1CCOCC1. The molecule has 0 spiro atoms. The number of aliphatic carboxylic acids is 1. The summed E-state index contributed by atoms with van der Waals surface area (Å²) in [5, 5.41) is 8.31. The molecular formula is C8H13NO3. The first kappa shape index (κ1) is 9.22. The third kappa shape index (κ3) is 3.50. The van der Waals surface area contributed by atoms with E-state index in [-0.39, 0.29) is 0 Å². The molecule has 0 aromatic heterocycles. The van der Waals surface area contributed by atoms with Crippen molar-refractivity contribution in [3.8, 4) is 0 Å². The van der Waals surface area contributed by atoms with Gasteiger partial charge in [0, 0.05) is 25.7 Å². The van der Waals surface area contributed by atoms with Crippen LogP contribution in [0.25, 0.3) is 0 Å². The maximum atomic E-state index is 10.1. The number of rotatable bonds is 3. The second kappa shape index (κ2) is 4.90. The number of nitrogens with zero attached hydrogens (tertiary/aromatic N) is 1. The van der Waals surface area contributed by atoms with E-state index in [4.69, 9.17) is 9.84 Å². The topological polar surface area (TPSA) is 49.8 Å². The summed E-state index contributed by atoms with van der Waals surface area (Å²) in [6, 6.07) is 0. The molecule has 0 aromatic carbocycles. The number of hydrogen-bond acceptors (Lipinski definition) is 3. The molecule has 1 heterocycles. The highest BCUT2D eigenvalue weighted by Gasteiger charge is 2.07. The first-order valence-corrected chi connectivity index (χ1v) is 3.98. The lowest BCUT2D eigenvalue weighted by Gasteiger charge is -2.24. The number of carboxylic acids is 1. The molecule has 0 aromatic rings. The molecule has 0 atom stereocenters. The van der Waals surface area contributed by atoms with E-state index >= 15 is 0 Å². The third-order valence-corrected chi connectivity index (χ3v) is 1.73. The Bertz CT molecular complexity index is 173. The summed E-state index contributed by atoms with van der Waals surface area (Å²) in [5.41, 5.74) is 0. The van der Waals surface area contributed by atoms with Crippen LogP contribution in [0.15, 0.2) is 12.2 Å². The Morgan fingerprint density at radius 2 is 2.17 bits per heavy atom. The number of carbonyl (C=O) groups is 1. The van der Waals surface area contributed by atoms with Crippen LogP contribution in [0.5, 0.6) is 0 Å². The van der Waals surface area contributed by atoms with Crippen LogP contribution in [0.2, 0.25) is 0 Å². The van der Waals surface area contributed by atoms with Gasteiger partial charge in [0.05, 0.1) is 13.2 Å². The van der Waals surface area contributed by atoms with Crippen LogP contribution in [-0.4, -0.2) is 48.8 Å². The number of carboxylic acid groups (broad SMARTS) is 1. The lowest BCUT2D eigenvalue weighted by Crippen LogP contribution is -2.36. The second-order valence-electron chi connectivity index (χ2n) is 2.65. The van der Waals surface area contributed by atoms with Gasteiger partial charge in [0.25, 0.3) is 0 Å². The van der Waals surface area contributed by atoms with Crippen LogP contribution >= 0.6 is 0 Å². The molecule has 4 heteroatoms. The van der Waals surface area contributed by atoms with E-state index < -0.39 is 5.97 Å². The quantitative estimate of drug-likeness (QED) is 0.605. The minimum atomic E-state index is -0.886. The summed E-state index contributed by atoms with van der Waals surface area (Å²) in [5.74, 6) is -0.886. The molecule has 1 N–H and O–H groups in total. The van der Waals surface area contributed by atoms with Crippen molar-refractivity contribution in [1.29, 1.82) is 0 Å². The summed E-state index contributed by atoms with van der Waals surface area (Å²) >= 11 is 0. The Balaban J connectivity index is 2.17. The van der Waals surface area contributed by atoms with Gasteiger partial charge in [0.15, 0.2) is 0 Å². The fourth-order valence-corrected chi connectivity index (χ4v) is 1.09. The Hall–Kier alpha value is -0.870. The van der Waals surface area contributed by atoms with Crippen molar-refractivity contribution in [2.75, 3.05) is 32.8 Å². The summed E-state index contributed by atoms with van der Waals surface area (Å²) in [6.45, 7) is 3.99. The lowest BCUT2D eigenvalue weighted by atomic mass is 10.4. The van der Waals surface area contributed by atoms with Gasteiger partial charge in [-0.25, -0.2) is 4.79 Å². The van der Waals surface area contributed by atoms with E-state index in [2.05, 4.69) is 4.90 Å². The summed E-state index contributed by atoms with van der Waals surface area (Å²) in [4.78, 5) is 12.3. The average Bonchev–Trinajstić information content (AvgIpc) is 2.05. The molecule has 0 aliphatic carbocycles. The first-order chi connectivity index (χ1) is 5.79. The lowest BCUT2D eigenvalue weighted by molar-refractivity contribution is -0.131. The fourth-order valence-electron chi connectivity index (χ4n) is 1.09. The minimum absolute atomic E-state index is 0.704. The predicted octanol–water partition coefficient (Wildman–Crippen LogP) is -0.0406. The van der Waals surface area contributed by atoms with Gasteiger partial charge in [-0.3, -0.25) is 4.90 Å². The monoisotopic (exact) mass is 171 g/mol. The van der Waals surface area contributed by atoms with Gasteiger partial charge in [-0.1, -0.05) is 6.08 Å². The largest absolute Gasteiger partial charge is 0.478 e. The zero-order valence-electron chi connectivity index (χ0n) is 6.90. The molecule has 12 heavy (non-hydrogen) atoms. The number of hydrogen-bond donors (Lipinski definition) is 1. The molecule has 0 unspecified atom stereocenters. The van der Waals surface area contributed by atoms with E-state index in [0.29, 0.717) is 6.54 Å². The predicted molar refractivity (Wildman–Crippen MR) is 44.0 cm³/mol. The van der Waals surface area contributed by atoms with Gasteiger partial charge in [0.1, 0.15) is 0 Å². The Morgan fingerprint density at radius 1 is 1.50 bits per heavy atom. The van der Waals surface area contributed by atoms with Gasteiger partial charge >= 0.3 is 5.97 Å². The van der Waals surface area contributed by atoms with Gasteiger partial charge in [-0.15, -0.1) is 0 Å². The van der Waals surface area contributed by atoms with Crippen molar-refractivity contribution < 1.29 is 14.6 Å². The normalized spacial score (nSPS) is 20.0. The highest BCUT2D eigenvalue weighted by molar-refractivity contribution is 5.79. The highest BCUT2D eigenvalue weighted by Crippen LogP contribution is 1.95. The molecule has 68 valence electrons. The summed E-state index contributed by atoms with van der Waals surface area (Å²) < 4.78 is 5.15. The van der Waals surface area contributed by atoms with E-state index in [1.54, 1.807) is 6.08 Å². The highest BCUT2D eigenvalue weighted by atomic mass is 16.5. The molecule has 0 bridgehead atoms. The van der Waals surface area contributed by atoms with E-state index in [1.165, 1.54) is 6.08 Å². The van der Waals surface area contributed by atoms with Crippen molar-refractivity contribution in [3.05, 3.63) is 12.2 Å². The first-order valence-electron chi connectivity index (χ1n) is 3.98. The maximum absolute atomic E-state index is 10.1. The standard InChI is InChI=1S/C8H13NO3/c10-8(11)2-1-3-9-4-6-12-7-5-9/h1-2H,3-7H2,(H,10,11). The molecule has 4 nitrogen and oxygen atoms in total. The second-order valence-corrected chi connectivity index (χ2v) is 2.65. The molecule has 1 saturated heterocycles. The van der Waals surface area contributed by atoms with Crippen LogP contribution in [-0.2, 0) is 9.53 Å². The van der Waals surface area contributed by atoms with Crippen molar-refractivity contribution in [2.24, 2.45) is 0 Å². The summed E-state index contributed by atoms with van der Waals surface area (Å²) in [7, 11) is 0. The number of morpholine rings is 1. The molecule has 1 aliphatic rings. The van der Waals surface area contributed by atoms with Crippen molar-refractivity contribution in [2.45, 2.75) is 0 Å². The number of ether oxygens (including phenoxy) is 1. The maximum Gasteiger partial charge on any atom is 0.328 e. The van der Waals surface area contributed by atoms with Crippen LogP contribution in [0, 0.1) is 0 Å². The Morgan fingerprint density at radius 3 is 2.75 bits per heavy atom. The Kier molecular flexibility index (Phi) is 3.76. The average molecular weight is 171 g/mol. The summed E-state index contributed by atoms with van der Waals surface area (Å²) in [6.07, 6.45) is 2.84. The van der Waals surface area contributed by atoms with E-state index in [9.17, 15) is 4.79 Å². The van der Waals surface area contributed by atoms with Crippen LogP contribution in [0.3, 0.4) is 0 Å². The van der Waals surface area contributed by atoms with Crippen LogP contribution < -0.4 is 0 Å². The van der Waals surface area contributed by atoms with Gasteiger partial charge in [-0.05, 0) is 0 Å². The van der Waals surface area contributed by atoms with Gasteiger partial charge in [0.2, 0.25) is 0 Å². The molecule has 1 rings (SSSR count). The Labute approximate surface area is 71.4 Å². The van der Waals surface area contributed by atoms with E-state index in [1.807, 2.05) is 0 Å². The third-order valence-electron chi connectivity index (χ3n) is 1.73. The van der Waals surface area contributed by atoms with Crippen LogP contribution in [0.1, 0.15) is 0 Å². The fraction of sp³-hybridized carbons (Fsp3) is 0.625. The molecule has 1 aliphatic heterocycles. The zero-order valence-corrected chi connectivity index (χ0v) is 6.90. The molecular weight excluding hydrogens is 158 g/mol. The van der Waals surface area contributed by atoms with E-state index in [0.717, 1.165) is 26.3 Å². The molecule has 0 saturated carbocycles. The molecule has 0 amide bonds.